The topological polar surface area (TPSA) is 3.24 Å². The summed E-state index contributed by atoms with van der Waals surface area (Å²) in [5.41, 5.74) is 4.95. The van der Waals surface area contributed by atoms with Gasteiger partial charge in [0.1, 0.15) is 0 Å². The number of halogens is 1. The van der Waals surface area contributed by atoms with E-state index >= 15 is 0 Å². The van der Waals surface area contributed by atoms with Crippen molar-refractivity contribution < 1.29 is 0 Å². The maximum absolute atomic E-state index is 6.85. The van der Waals surface area contributed by atoms with Crippen molar-refractivity contribution in [3.8, 4) is 0 Å². The van der Waals surface area contributed by atoms with Crippen LogP contribution in [0.1, 0.15) is 42.1 Å². The van der Waals surface area contributed by atoms with Crippen LogP contribution >= 0.6 is 11.6 Å². The number of hydrogen-bond donors (Lipinski definition) is 0. The smallest absolute Gasteiger partial charge is 0.0908 e. The summed E-state index contributed by atoms with van der Waals surface area (Å²) in [6, 6.07) is 30.1. The molecule has 0 saturated heterocycles. The first-order valence-corrected chi connectivity index (χ1v) is 9.51. The lowest BCUT2D eigenvalue weighted by molar-refractivity contribution is 0.559. The second-order valence-corrected chi connectivity index (χ2v) is 7.08. The Bertz CT molecular complexity index is 902. The van der Waals surface area contributed by atoms with E-state index in [0.29, 0.717) is 0 Å². The number of nitrogens with zero attached hydrogens (tertiary/aromatic N) is 1. The molecule has 1 heterocycles. The highest BCUT2D eigenvalue weighted by Gasteiger charge is 2.33. The van der Waals surface area contributed by atoms with E-state index in [1.54, 1.807) is 0 Å². The van der Waals surface area contributed by atoms with Crippen molar-refractivity contribution in [2.24, 2.45) is 0 Å². The molecular formula is C24H22ClN. The fraction of sp³-hybridized carbons (Fsp3) is 0.167. The van der Waals surface area contributed by atoms with E-state index in [2.05, 4.69) is 103 Å². The molecule has 1 unspecified atom stereocenters. The number of benzene rings is 3. The molecule has 1 aliphatic heterocycles. The molecule has 0 aromatic heterocycles. The van der Waals surface area contributed by atoms with Crippen LogP contribution < -0.4 is 4.90 Å². The molecule has 1 nitrogen and oxygen atoms in total. The highest BCUT2D eigenvalue weighted by atomic mass is 35.5. The predicted molar refractivity (Wildman–Crippen MR) is 111 cm³/mol. The molecule has 130 valence electrons. The quantitative estimate of drug-likeness (QED) is 0.485. The molecule has 0 N–H and O–H groups in total. The largest absolute Gasteiger partial charge is 0.352 e. The van der Waals surface area contributed by atoms with Crippen LogP contribution in [-0.4, -0.2) is 0 Å². The third kappa shape index (κ3) is 3.04. The second-order valence-electron chi connectivity index (χ2n) is 6.64. The van der Waals surface area contributed by atoms with E-state index in [1.165, 1.54) is 22.4 Å². The predicted octanol–water partition coefficient (Wildman–Crippen LogP) is 6.98. The van der Waals surface area contributed by atoms with Gasteiger partial charge >= 0.3 is 0 Å². The van der Waals surface area contributed by atoms with Gasteiger partial charge in [0.05, 0.1) is 12.1 Å². The first-order chi connectivity index (χ1) is 12.8. The zero-order chi connectivity index (χ0) is 17.9. The molecule has 2 heteroatoms. The van der Waals surface area contributed by atoms with Gasteiger partial charge in [-0.25, -0.2) is 0 Å². The maximum atomic E-state index is 6.85. The normalized spacial score (nSPS) is 17.4. The van der Waals surface area contributed by atoms with E-state index in [9.17, 15) is 0 Å². The third-order valence-corrected chi connectivity index (χ3v) is 5.39. The third-order valence-electron chi connectivity index (χ3n) is 5.07. The van der Waals surface area contributed by atoms with Crippen molar-refractivity contribution in [1.29, 1.82) is 0 Å². The van der Waals surface area contributed by atoms with Crippen LogP contribution in [0.15, 0.2) is 90.0 Å². The Morgan fingerprint density at radius 3 is 2.15 bits per heavy atom. The Morgan fingerprint density at radius 2 is 1.46 bits per heavy atom. The monoisotopic (exact) mass is 359 g/mol. The van der Waals surface area contributed by atoms with E-state index in [4.69, 9.17) is 11.6 Å². The van der Waals surface area contributed by atoms with Gasteiger partial charge < -0.3 is 4.90 Å². The lowest BCUT2D eigenvalue weighted by Gasteiger charge is -2.43. The van der Waals surface area contributed by atoms with Crippen molar-refractivity contribution >= 4 is 23.4 Å². The highest BCUT2D eigenvalue weighted by molar-refractivity contribution is 6.33. The lowest BCUT2D eigenvalue weighted by Crippen LogP contribution is -2.35. The fourth-order valence-electron chi connectivity index (χ4n) is 3.92. The summed E-state index contributed by atoms with van der Waals surface area (Å²) in [4.78, 5) is 2.49. The van der Waals surface area contributed by atoms with Crippen LogP contribution in [0.4, 0.5) is 5.69 Å². The van der Waals surface area contributed by atoms with Gasteiger partial charge in [-0.3, -0.25) is 0 Å². The fourth-order valence-corrected chi connectivity index (χ4v) is 4.26. The summed E-state index contributed by atoms with van der Waals surface area (Å²) in [7, 11) is 0. The zero-order valence-corrected chi connectivity index (χ0v) is 15.6. The average Bonchev–Trinajstić information content (AvgIpc) is 2.70. The van der Waals surface area contributed by atoms with Crippen molar-refractivity contribution in [2.45, 2.75) is 25.4 Å². The van der Waals surface area contributed by atoms with Crippen LogP contribution in [0, 0.1) is 0 Å². The zero-order valence-electron chi connectivity index (χ0n) is 14.8. The Hall–Kier alpha value is -2.51. The molecule has 3 aromatic rings. The van der Waals surface area contributed by atoms with Crippen molar-refractivity contribution in [2.75, 3.05) is 4.90 Å². The number of hydrogen-bond acceptors (Lipinski definition) is 1. The molecule has 0 radical (unpaired) electrons. The van der Waals surface area contributed by atoms with Gasteiger partial charge in [-0.05, 0) is 35.3 Å². The van der Waals surface area contributed by atoms with Gasteiger partial charge in [-0.1, -0.05) is 97.4 Å². The summed E-state index contributed by atoms with van der Waals surface area (Å²) in [5, 5.41) is 0.865. The summed E-state index contributed by atoms with van der Waals surface area (Å²) in [6.07, 6.45) is 3.12. The minimum atomic E-state index is 0.0259. The van der Waals surface area contributed by atoms with Crippen molar-refractivity contribution in [1.82, 2.24) is 0 Å². The molecule has 3 aromatic carbocycles. The lowest BCUT2D eigenvalue weighted by atomic mass is 9.92. The van der Waals surface area contributed by atoms with Gasteiger partial charge in [0.2, 0.25) is 0 Å². The van der Waals surface area contributed by atoms with Gasteiger partial charge in [-0.15, -0.1) is 0 Å². The van der Waals surface area contributed by atoms with Gasteiger partial charge in [0.25, 0.3) is 0 Å². The van der Waals surface area contributed by atoms with Crippen LogP contribution in [-0.2, 0) is 0 Å². The maximum Gasteiger partial charge on any atom is 0.0908 e. The number of rotatable bonds is 4. The Morgan fingerprint density at radius 1 is 0.846 bits per heavy atom. The van der Waals surface area contributed by atoms with E-state index in [-0.39, 0.29) is 12.1 Å². The standard InChI is InChI=1S/C24H22ClN/c1-2-22(18-11-5-3-6-12-18)26-23-16-10-9-15-20(23)17-21(25)24(26)19-13-7-4-8-14-19/h3-17,22,24H,2H2,1H3/t22?,24-/m0/s1. The molecule has 0 amide bonds. The molecule has 0 bridgehead atoms. The van der Waals surface area contributed by atoms with Gasteiger partial charge in [0.15, 0.2) is 0 Å². The minimum absolute atomic E-state index is 0.0259. The van der Waals surface area contributed by atoms with E-state index < -0.39 is 0 Å². The van der Waals surface area contributed by atoms with Gasteiger partial charge in [-0.2, -0.15) is 0 Å². The molecule has 1 aliphatic rings. The number of para-hydroxylation sites is 1. The van der Waals surface area contributed by atoms with Crippen molar-refractivity contribution in [3.63, 3.8) is 0 Å². The molecule has 26 heavy (non-hydrogen) atoms. The second kappa shape index (κ2) is 7.39. The summed E-state index contributed by atoms with van der Waals surface area (Å²) in [6.45, 7) is 2.24. The summed E-state index contributed by atoms with van der Waals surface area (Å²) >= 11 is 6.85. The van der Waals surface area contributed by atoms with Gasteiger partial charge in [0, 0.05) is 10.7 Å². The van der Waals surface area contributed by atoms with Crippen LogP contribution in [0.3, 0.4) is 0 Å². The summed E-state index contributed by atoms with van der Waals surface area (Å²) < 4.78 is 0. The van der Waals surface area contributed by atoms with Crippen LogP contribution in [0.25, 0.3) is 6.08 Å². The van der Waals surface area contributed by atoms with Crippen molar-refractivity contribution in [3.05, 3.63) is 107 Å². The minimum Gasteiger partial charge on any atom is -0.352 e. The van der Waals surface area contributed by atoms with Crippen LogP contribution in [0.5, 0.6) is 0 Å². The molecule has 2 atom stereocenters. The number of fused-ring (bicyclic) bond motifs is 1. The molecule has 0 saturated carbocycles. The SMILES string of the molecule is CCC(c1ccccc1)N1c2ccccc2C=C(Cl)[C@@H]1c1ccccc1. The summed E-state index contributed by atoms with van der Waals surface area (Å²) in [5.74, 6) is 0. The van der Waals surface area contributed by atoms with E-state index in [0.717, 1.165) is 11.5 Å². The Kier molecular flexibility index (Phi) is 4.81. The molecule has 0 fully saturated rings. The molecule has 0 aliphatic carbocycles. The Labute approximate surface area is 160 Å². The first-order valence-electron chi connectivity index (χ1n) is 9.14. The molecule has 4 rings (SSSR count). The molecular weight excluding hydrogens is 338 g/mol. The number of anilines is 1. The Balaban J connectivity index is 1.90. The van der Waals surface area contributed by atoms with E-state index in [1.807, 2.05) is 0 Å². The average molecular weight is 360 g/mol. The van der Waals surface area contributed by atoms with Crippen LogP contribution in [0.2, 0.25) is 0 Å². The first kappa shape index (κ1) is 16.9. The molecule has 0 spiro atoms. The highest BCUT2D eigenvalue weighted by Crippen LogP contribution is 2.47.